The Kier molecular flexibility index (Phi) is 9.71. The van der Waals surface area contributed by atoms with Crippen LogP contribution < -0.4 is 44.1 Å². The quantitative estimate of drug-likeness (QED) is 0.305. The molecule has 0 aliphatic carbocycles. The van der Waals surface area contributed by atoms with Crippen molar-refractivity contribution >= 4 is 5.97 Å². The van der Waals surface area contributed by atoms with Crippen molar-refractivity contribution in [1.29, 1.82) is 0 Å². The molecule has 0 radical (unpaired) electrons. The fourth-order valence-electron chi connectivity index (χ4n) is 3.64. The van der Waals surface area contributed by atoms with Crippen LogP contribution >= 0.6 is 0 Å². The van der Waals surface area contributed by atoms with Crippen molar-refractivity contribution in [2.45, 2.75) is 43.7 Å². The molecule has 1 heterocycles. The van der Waals surface area contributed by atoms with Gasteiger partial charge in [-0.15, -0.1) is 0 Å². The fourth-order valence-corrected chi connectivity index (χ4v) is 3.64. The first-order valence-corrected chi connectivity index (χ1v) is 10.8. The molecule has 4 rings (SSSR count). The number of hydrogen-bond donors (Lipinski definition) is 3. The van der Waals surface area contributed by atoms with Gasteiger partial charge in [-0.05, 0) is 47.4 Å². The van der Waals surface area contributed by atoms with Crippen molar-refractivity contribution in [3.05, 3.63) is 95.6 Å². The Hall–Kier alpha value is -2.43. The van der Waals surface area contributed by atoms with Gasteiger partial charge < -0.3 is 39.4 Å². The molecule has 0 aromatic heterocycles. The van der Waals surface area contributed by atoms with Gasteiger partial charge in [0.1, 0.15) is 42.5 Å². The normalized spacial score (nSPS) is 23.7. The number of ether oxygens (including phenoxy) is 3. The Balaban J connectivity index is 0.00000342. The SMILES string of the molecule is O=C([O-])C1OC(Oc2ccc(Cc3ccc(OCc4ccccc4)cc3)cc2)C(O)C(O)C1O.[Na+]. The molecular formula is C26H25NaO8. The number of carbonyl (C=O) groups excluding carboxylic acids is 1. The molecule has 1 aliphatic rings. The average Bonchev–Trinajstić information content (AvgIpc) is 2.85. The number of aliphatic carboxylic acids is 1. The number of carbonyl (C=O) groups is 1. The first-order valence-electron chi connectivity index (χ1n) is 10.8. The van der Waals surface area contributed by atoms with E-state index in [4.69, 9.17) is 14.2 Å². The van der Waals surface area contributed by atoms with Crippen molar-refractivity contribution in [2.24, 2.45) is 0 Å². The monoisotopic (exact) mass is 488 g/mol. The third-order valence-corrected chi connectivity index (χ3v) is 5.56. The molecule has 35 heavy (non-hydrogen) atoms. The van der Waals surface area contributed by atoms with Crippen molar-refractivity contribution < 1.29 is 69.0 Å². The van der Waals surface area contributed by atoms with Gasteiger partial charge >= 0.3 is 29.6 Å². The van der Waals surface area contributed by atoms with E-state index in [-0.39, 0.29) is 29.6 Å². The molecule has 1 fully saturated rings. The van der Waals surface area contributed by atoms with Crippen molar-refractivity contribution in [2.75, 3.05) is 0 Å². The number of carboxylic acids is 1. The summed E-state index contributed by atoms with van der Waals surface area (Å²) < 4.78 is 16.4. The van der Waals surface area contributed by atoms with E-state index in [1.54, 1.807) is 12.1 Å². The second-order valence-corrected chi connectivity index (χ2v) is 8.07. The van der Waals surface area contributed by atoms with E-state index in [9.17, 15) is 25.2 Å². The van der Waals surface area contributed by atoms with Crippen molar-refractivity contribution in [1.82, 2.24) is 0 Å². The molecular weight excluding hydrogens is 463 g/mol. The zero-order chi connectivity index (χ0) is 24.1. The minimum absolute atomic E-state index is 0. The predicted molar refractivity (Wildman–Crippen MR) is 119 cm³/mol. The molecule has 3 N–H and O–H groups in total. The summed E-state index contributed by atoms with van der Waals surface area (Å²) in [7, 11) is 0. The number of aliphatic hydroxyl groups excluding tert-OH is 3. The van der Waals surface area contributed by atoms with E-state index in [1.165, 1.54) is 0 Å². The molecule has 0 amide bonds. The third-order valence-electron chi connectivity index (χ3n) is 5.56. The van der Waals surface area contributed by atoms with Crippen LogP contribution in [-0.2, 0) is 22.6 Å². The van der Waals surface area contributed by atoms with Gasteiger partial charge in [0.15, 0.2) is 0 Å². The molecule has 1 aliphatic heterocycles. The van der Waals surface area contributed by atoms with Crippen LogP contribution in [-0.4, -0.2) is 52.0 Å². The predicted octanol–water partition coefficient (Wildman–Crippen LogP) is -2.20. The average molecular weight is 488 g/mol. The maximum absolute atomic E-state index is 11.1. The minimum atomic E-state index is -1.82. The molecule has 1 saturated heterocycles. The summed E-state index contributed by atoms with van der Waals surface area (Å²) >= 11 is 0. The van der Waals surface area contributed by atoms with E-state index in [0.717, 1.165) is 22.4 Å². The van der Waals surface area contributed by atoms with Crippen LogP contribution in [0.4, 0.5) is 0 Å². The van der Waals surface area contributed by atoms with Crippen LogP contribution in [0.5, 0.6) is 11.5 Å². The summed E-state index contributed by atoms with van der Waals surface area (Å²) in [6.07, 6.45) is -7.83. The number of aliphatic hydroxyl groups is 3. The molecule has 8 nitrogen and oxygen atoms in total. The van der Waals surface area contributed by atoms with E-state index < -0.39 is 36.7 Å². The first-order chi connectivity index (χ1) is 16.4. The van der Waals surface area contributed by atoms with Gasteiger partial charge in [0, 0.05) is 0 Å². The number of hydrogen-bond acceptors (Lipinski definition) is 8. The summed E-state index contributed by atoms with van der Waals surface area (Å²) in [5.74, 6) is -0.624. The summed E-state index contributed by atoms with van der Waals surface area (Å²) in [4.78, 5) is 11.1. The first kappa shape index (κ1) is 27.2. The Morgan fingerprint density at radius 2 is 1.34 bits per heavy atom. The van der Waals surface area contributed by atoms with Crippen molar-refractivity contribution in [3.63, 3.8) is 0 Å². The van der Waals surface area contributed by atoms with E-state index in [0.29, 0.717) is 18.8 Å². The molecule has 3 aromatic rings. The van der Waals surface area contributed by atoms with Crippen LogP contribution in [0.1, 0.15) is 16.7 Å². The molecule has 0 saturated carbocycles. The second-order valence-electron chi connectivity index (χ2n) is 8.07. The molecule has 0 spiro atoms. The van der Waals surface area contributed by atoms with E-state index >= 15 is 0 Å². The Morgan fingerprint density at radius 3 is 1.91 bits per heavy atom. The maximum Gasteiger partial charge on any atom is 1.00 e. The molecule has 3 aromatic carbocycles. The Bertz CT molecular complexity index is 1070. The van der Waals surface area contributed by atoms with E-state index in [1.807, 2.05) is 66.7 Å². The van der Waals surface area contributed by atoms with Gasteiger partial charge in [-0.25, -0.2) is 0 Å². The van der Waals surface area contributed by atoms with E-state index in [2.05, 4.69) is 0 Å². The van der Waals surface area contributed by atoms with Crippen LogP contribution in [0, 0.1) is 0 Å². The van der Waals surface area contributed by atoms with Gasteiger partial charge in [-0.3, -0.25) is 0 Å². The van der Waals surface area contributed by atoms with Crippen LogP contribution in [0.3, 0.4) is 0 Å². The molecule has 178 valence electrons. The largest absolute Gasteiger partial charge is 1.00 e. The smallest absolute Gasteiger partial charge is 0.547 e. The molecule has 9 heteroatoms. The fraction of sp³-hybridized carbons (Fsp3) is 0.269. The summed E-state index contributed by atoms with van der Waals surface area (Å²) in [5, 5.41) is 40.8. The number of rotatable bonds is 8. The van der Waals surface area contributed by atoms with Gasteiger partial charge in [0.25, 0.3) is 0 Å². The Labute approximate surface area is 225 Å². The summed E-state index contributed by atoms with van der Waals surface area (Å²) in [6.45, 7) is 0.501. The van der Waals surface area contributed by atoms with Crippen LogP contribution in [0.15, 0.2) is 78.9 Å². The summed E-state index contributed by atoms with van der Waals surface area (Å²) in [6, 6.07) is 24.7. The van der Waals surface area contributed by atoms with Crippen molar-refractivity contribution in [3.8, 4) is 11.5 Å². The number of benzene rings is 3. The maximum atomic E-state index is 11.1. The minimum Gasteiger partial charge on any atom is -0.547 e. The number of carboxylic acid groups (broad SMARTS) is 1. The Morgan fingerprint density at radius 1 is 0.771 bits per heavy atom. The zero-order valence-corrected chi connectivity index (χ0v) is 21.2. The summed E-state index contributed by atoms with van der Waals surface area (Å²) in [5.41, 5.74) is 3.18. The molecule has 5 atom stereocenters. The standard InChI is InChI=1S/C26H26O8.Na/c27-21-22(28)24(25(30)31)34-26(23(21)29)33-20-12-8-17(9-13-20)14-16-6-10-19(11-7-16)32-15-18-4-2-1-3-5-18;/h1-13,21-24,26-29H,14-15H2,(H,30,31);/q;+1/p-1. The van der Waals surface area contributed by atoms with Crippen LogP contribution in [0.25, 0.3) is 0 Å². The molecule has 5 unspecified atom stereocenters. The van der Waals surface area contributed by atoms with Gasteiger partial charge in [-0.1, -0.05) is 54.6 Å². The zero-order valence-electron chi connectivity index (χ0n) is 19.2. The molecule has 0 bridgehead atoms. The van der Waals surface area contributed by atoms with Gasteiger partial charge in [-0.2, -0.15) is 0 Å². The third kappa shape index (κ3) is 7.05. The second kappa shape index (κ2) is 12.5. The topological polar surface area (TPSA) is 129 Å². The van der Waals surface area contributed by atoms with Crippen LogP contribution in [0.2, 0.25) is 0 Å². The van der Waals surface area contributed by atoms with Gasteiger partial charge in [0.05, 0.1) is 5.97 Å². The van der Waals surface area contributed by atoms with Gasteiger partial charge in [0.2, 0.25) is 6.29 Å².